The molecule has 0 aromatic carbocycles. The molecule has 4 nitrogen and oxygen atoms in total. The van der Waals surface area contributed by atoms with Gasteiger partial charge in [-0.25, -0.2) is 4.52 Å². The minimum absolute atomic E-state index is 0.0107. The summed E-state index contributed by atoms with van der Waals surface area (Å²) in [7, 11) is 0. The molecule has 16 heavy (non-hydrogen) atoms. The van der Waals surface area contributed by atoms with Crippen LogP contribution < -0.4 is 5.56 Å². The van der Waals surface area contributed by atoms with Gasteiger partial charge in [0.25, 0.3) is 5.56 Å². The molecule has 0 bridgehead atoms. The Morgan fingerprint density at radius 3 is 2.50 bits per heavy atom. The molecule has 2 aromatic heterocycles. The SMILES string of the molecule is Cc1c(C)n2nc(C(C)(C)C)cc2[nH]c1=O. The summed E-state index contributed by atoms with van der Waals surface area (Å²) in [6.45, 7) is 10.0. The molecule has 2 rings (SSSR count). The van der Waals surface area contributed by atoms with Crippen molar-refractivity contribution in [2.75, 3.05) is 0 Å². The average molecular weight is 219 g/mol. The zero-order valence-corrected chi connectivity index (χ0v) is 10.4. The van der Waals surface area contributed by atoms with Gasteiger partial charge in [0.2, 0.25) is 0 Å². The minimum atomic E-state index is -0.0367. The Balaban J connectivity index is 2.82. The molecule has 0 aliphatic carbocycles. The molecule has 0 atom stereocenters. The molecule has 0 aliphatic rings. The normalized spacial score (nSPS) is 12.3. The minimum Gasteiger partial charge on any atom is -0.307 e. The van der Waals surface area contributed by atoms with Gasteiger partial charge < -0.3 is 4.98 Å². The third-order valence-electron chi connectivity index (χ3n) is 2.92. The molecule has 0 aliphatic heterocycles. The number of hydrogen-bond donors (Lipinski definition) is 1. The number of H-pyrrole nitrogens is 1. The summed E-state index contributed by atoms with van der Waals surface area (Å²) in [4.78, 5) is 14.5. The summed E-state index contributed by atoms with van der Waals surface area (Å²) >= 11 is 0. The predicted molar refractivity (Wildman–Crippen MR) is 64.0 cm³/mol. The summed E-state index contributed by atoms with van der Waals surface area (Å²) in [5.74, 6) is 0. The molecule has 2 heterocycles. The van der Waals surface area contributed by atoms with E-state index in [1.807, 2.05) is 19.9 Å². The number of rotatable bonds is 0. The zero-order chi connectivity index (χ0) is 12.1. The topological polar surface area (TPSA) is 50.2 Å². The second-order valence-electron chi connectivity index (χ2n) is 5.24. The standard InChI is InChI=1S/C12H17N3O/c1-7-8(2)15-10(13-11(7)16)6-9(14-15)12(3,4)5/h6H,1-5H3,(H,13,16). The van der Waals surface area contributed by atoms with Crippen LogP contribution in [0.2, 0.25) is 0 Å². The Morgan fingerprint density at radius 1 is 1.31 bits per heavy atom. The van der Waals surface area contributed by atoms with E-state index in [-0.39, 0.29) is 11.0 Å². The van der Waals surface area contributed by atoms with Crippen molar-refractivity contribution in [3.8, 4) is 0 Å². The molecule has 1 N–H and O–H groups in total. The molecular formula is C12H17N3O. The van der Waals surface area contributed by atoms with E-state index in [9.17, 15) is 4.79 Å². The van der Waals surface area contributed by atoms with Crippen molar-refractivity contribution in [2.45, 2.75) is 40.0 Å². The highest BCUT2D eigenvalue weighted by molar-refractivity contribution is 5.43. The lowest BCUT2D eigenvalue weighted by molar-refractivity contribution is 0.561. The quantitative estimate of drug-likeness (QED) is 0.736. The second kappa shape index (κ2) is 3.20. The number of aromatic amines is 1. The van der Waals surface area contributed by atoms with Crippen LogP contribution in [-0.2, 0) is 5.41 Å². The van der Waals surface area contributed by atoms with Gasteiger partial charge in [0.05, 0.1) is 5.69 Å². The highest BCUT2D eigenvalue weighted by atomic mass is 16.1. The van der Waals surface area contributed by atoms with Crippen LogP contribution in [0.1, 0.15) is 37.7 Å². The molecule has 0 radical (unpaired) electrons. The maximum absolute atomic E-state index is 11.6. The number of aromatic nitrogens is 3. The zero-order valence-electron chi connectivity index (χ0n) is 10.4. The predicted octanol–water partition coefficient (Wildman–Crippen LogP) is 1.94. The molecule has 86 valence electrons. The van der Waals surface area contributed by atoms with Gasteiger partial charge in [0, 0.05) is 22.7 Å². The first-order valence-electron chi connectivity index (χ1n) is 5.40. The lowest BCUT2D eigenvalue weighted by atomic mass is 9.93. The van der Waals surface area contributed by atoms with Crippen LogP contribution >= 0.6 is 0 Å². The molecule has 0 unspecified atom stereocenters. The molecule has 4 heteroatoms. The van der Waals surface area contributed by atoms with Gasteiger partial charge in [0.1, 0.15) is 5.65 Å². The summed E-state index contributed by atoms with van der Waals surface area (Å²) in [5, 5.41) is 4.53. The number of nitrogens with one attached hydrogen (secondary N) is 1. The van der Waals surface area contributed by atoms with Gasteiger partial charge in [-0.2, -0.15) is 5.10 Å². The smallest absolute Gasteiger partial charge is 0.254 e. The van der Waals surface area contributed by atoms with Gasteiger partial charge in [-0.15, -0.1) is 0 Å². The van der Waals surface area contributed by atoms with Crippen molar-refractivity contribution in [3.05, 3.63) is 33.4 Å². The third kappa shape index (κ3) is 1.54. The number of fused-ring (bicyclic) bond motifs is 1. The monoisotopic (exact) mass is 219 g/mol. The lowest BCUT2D eigenvalue weighted by Crippen LogP contribution is -2.15. The van der Waals surface area contributed by atoms with E-state index in [4.69, 9.17) is 0 Å². The average Bonchev–Trinajstić information content (AvgIpc) is 2.57. The van der Waals surface area contributed by atoms with Crippen molar-refractivity contribution >= 4 is 5.65 Å². The van der Waals surface area contributed by atoms with E-state index in [1.54, 1.807) is 4.52 Å². The van der Waals surface area contributed by atoms with Crippen molar-refractivity contribution < 1.29 is 0 Å². The summed E-state index contributed by atoms with van der Waals surface area (Å²) < 4.78 is 1.80. The van der Waals surface area contributed by atoms with E-state index in [2.05, 4.69) is 30.9 Å². The Bertz CT molecular complexity index is 599. The summed E-state index contributed by atoms with van der Waals surface area (Å²) in [5.41, 5.74) is 3.31. The molecule has 0 saturated heterocycles. The highest BCUT2D eigenvalue weighted by Crippen LogP contribution is 2.21. The number of aryl methyl sites for hydroxylation is 1. The van der Waals surface area contributed by atoms with Crippen molar-refractivity contribution in [1.29, 1.82) is 0 Å². The Kier molecular flexibility index (Phi) is 2.19. The fraction of sp³-hybridized carbons (Fsp3) is 0.500. The Morgan fingerprint density at radius 2 is 1.94 bits per heavy atom. The van der Waals surface area contributed by atoms with Gasteiger partial charge in [-0.05, 0) is 13.8 Å². The maximum Gasteiger partial charge on any atom is 0.254 e. The largest absolute Gasteiger partial charge is 0.307 e. The molecule has 0 fully saturated rings. The van der Waals surface area contributed by atoms with Crippen LogP contribution in [0.5, 0.6) is 0 Å². The highest BCUT2D eigenvalue weighted by Gasteiger charge is 2.19. The first kappa shape index (κ1) is 10.9. The number of nitrogens with zero attached hydrogens (tertiary/aromatic N) is 2. The first-order valence-corrected chi connectivity index (χ1v) is 5.40. The van der Waals surface area contributed by atoms with E-state index in [1.165, 1.54) is 0 Å². The molecule has 0 saturated carbocycles. The lowest BCUT2D eigenvalue weighted by Gasteiger charge is -2.13. The summed E-state index contributed by atoms with van der Waals surface area (Å²) in [6.07, 6.45) is 0. The van der Waals surface area contributed by atoms with Gasteiger partial charge in [-0.1, -0.05) is 20.8 Å². The molecular weight excluding hydrogens is 202 g/mol. The van der Waals surface area contributed by atoms with Crippen LogP contribution in [-0.4, -0.2) is 14.6 Å². The van der Waals surface area contributed by atoms with E-state index >= 15 is 0 Å². The van der Waals surface area contributed by atoms with Crippen LogP contribution in [0.4, 0.5) is 0 Å². The van der Waals surface area contributed by atoms with Gasteiger partial charge in [-0.3, -0.25) is 4.79 Å². The van der Waals surface area contributed by atoms with Gasteiger partial charge >= 0.3 is 0 Å². The van der Waals surface area contributed by atoms with Crippen molar-refractivity contribution in [3.63, 3.8) is 0 Å². The van der Waals surface area contributed by atoms with Crippen molar-refractivity contribution in [1.82, 2.24) is 14.6 Å². The van der Waals surface area contributed by atoms with E-state index < -0.39 is 0 Å². The fourth-order valence-electron chi connectivity index (χ4n) is 1.63. The van der Waals surface area contributed by atoms with Crippen LogP contribution in [0, 0.1) is 13.8 Å². The first-order chi connectivity index (χ1) is 7.30. The van der Waals surface area contributed by atoms with E-state index in [0.717, 1.165) is 22.6 Å². The third-order valence-corrected chi connectivity index (χ3v) is 2.92. The van der Waals surface area contributed by atoms with Crippen molar-refractivity contribution in [2.24, 2.45) is 0 Å². The Labute approximate surface area is 94.3 Å². The van der Waals surface area contributed by atoms with E-state index in [0.29, 0.717) is 0 Å². The van der Waals surface area contributed by atoms with Crippen LogP contribution in [0.15, 0.2) is 10.9 Å². The molecule has 0 amide bonds. The fourth-order valence-corrected chi connectivity index (χ4v) is 1.63. The molecule has 0 spiro atoms. The Hall–Kier alpha value is -1.58. The molecule has 2 aromatic rings. The summed E-state index contributed by atoms with van der Waals surface area (Å²) in [6, 6.07) is 1.94. The van der Waals surface area contributed by atoms with Gasteiger partial charge in [0.15, 0.2) is 0 Å². The number of hydrogen-bond acceptors (Lipinski definition) is 2. The van der Waals surface area contributed by atoms with Crippen LogP contribution in [0.25, 0.3) is 5.65 Å². The maximum atomic E-state index is 11.6. The second-order valence-corrected chi connectivity index (χ2v) is 5.24. The van der Waals surface area contributed by atoms with Crippen LogP contribution in [0.3, 0.4) is 0 Å².